The molecule has 2 aromatic rings. The highest BCUT2D eigenvalue weighted by atomic mass is 79.9. The van der Waals surface area contributed by atoms with Crippen LogP contribution in [0.2, 0.25) is 0 Å². The van der Waals surface area contributed by atoms with E-state index in [0.29, 0.717) is 57.3 Å². The monoisotopic (exact) mass is 681 g/mol. The number of hydrogen-bond acceptors (Lipinski definition) is 7. The molecule has 6 rings (SSSR count). The number of nitrogens with two attached hydrogens (primary N) is 1. The molecule has 11 nitrogen and oxygen atoms in total. The number of para-hydroxylation sites is 1. The number of fused-ring (bicyclic) bond motifs is 1. The van der Waals surface area contributed by atoms with Gasteiger partial charge in [0.15, 0.2) is 6.10 Å². The number of nitrogens with one attached hydrogen (secondary N) is 2. The highest BCUT2D eigenvalue weighted by molar-refractivity contribution is 9.10. The maximum absolute atomic E-state index is 13.9. The van der Waals surface area contributed by atoms with Crippen LogP contribution < -0.4 is 16.4 Å². The minimum Gasteiger partial charge on any atom is -0.436 e. The first-order chi connectivity index (χ1) is 21.9. The molecule has 3 saturated heterocycles. The largest absolute Gasteiger partial charge is 0.436 e. The van der Waals surface area contributed by atoms with Crippen molar-refractivity contribution < 1.29 is 19.1 Å². The number of piperidine rings is 2. The predicted molar refractivity (Wildman–Crippen MR) is 177 cm³/mol. The van der Waals surface area contributed by atoms with Gasteiger partial charge in [-0.25, -0.2) is 9.59 Å². The van der Waals surface area contributed by atoms with Crippen LogP contribution >= 0.6 is 15.9 Å². The lowest BCUT2D eigenvalue weighted by Gasteiger charge is -2.41. The molecule has 4 N–H and O–H groups in total. The van der Waals surface area contributed by atoms with Crippen LogP contribution in [0.5, 0.6) is 0 Å². The Balaban J connectivity index is 1.07. The molecular weight excluding hydrogens is 638 g/mol. The Morgan fingerprint density at radius 3 is 2.33 bits per heavy atom. The summed E-state index contributed by atoms with van der Waals surface area (Å²) in [6, 6.07) is 13.9. The van der Waals surface area contributed by atoms with Gasteiger partial charge in [0.05, 0.1) is 0 Å². The SMILES string of the molecule is Nc1ccc(C[C@@H](OC(=O)N2CCC(N3CCc4ccccc4NC3=O)CC2)C(=O)N2CCC(N3CCNCC3)CC2)cc1Br. The Kier molecular flexibility index (Phi) is 10.1. The Bertz CT molecular complexity index is 1370. The fraction of sp³-hybridized carbons (Fsp3) is 0.545. The molecule has 4 heterocycles. The number of carbonyl (C=O) groups is 3. The van der Waals surface area contributed by atoms with Crippen molar-refractivity contribution in [2.24, 2.45) is 0 Å². The number of anilines is 2. The van der Waals surface area contributed by atoms with E-state index in [9.17, 15) is 14.4 Å². The summed E-state index contributed by atoms with van der Waals surface area (Å²) in [5, 5.41) is 6.46. The number of piperazine rings is 1. The number of urea groups is 1. The van der Waals surface area contributed by atoms with Gasteiger partial charge in [-0.2, -0.15) is 0 Å². The molecule has 45 heavy (non-hydrogen) atoms. The third-order valence-corrected chi connectivity index (χ3v) is 10.4. The van der Waals surface area contributed by atoms with Gasteiger partial charge < -0.3 is 35.8 Å². The van der Waals surface area contributed by atoms with Crippen molar-refractivity contribution in [3.05, 3.63) is 58.1 Å². The molecule has 242 valence electrons. The molecule has 0 unspecified atom stereocenters. The first-order valence-electron chi connectivity index (χ1n) is 16.2. The van der Waals surface area contributed by atoms with E-state index >= 15 is 0 Å². The lowest BCUT2D eigenvalue weighted by molar-refractivity contribution is -0.142. The standard InChI is InChI=1S/C33H44BrN7O4/c34-27-21-23(5-6-28(27)35)22-30(31(42)39-14-8-25(9-15-39)38-19-12-36-13-20-38)45-33(44)40-16-10-26(11-17-40)41-18-7-24-3-1-2-4-29(24)37-32(41)43/h1-6,21,25-26,30,36H,7-20,22,35H2,(H,37,43)/t30-/m1/s1. The Hall–Kier alpha value is -3.35. The number of likely N-dealkylation sites (tertiary alicyclic amines) is 2. The van der Waals surface area contributed by atoms with E-state index in [2.05, 4.69) is 31.5 Å². The maximum Gasteiger partial charge on any atom is 0.410 e. The molecule has 1 atom stereocenters. The number of carbonyl (C=O) groups excluding carboxylic acids is 3. The molecule has 4 aliphatic heterocycles. The second kappa shape index (κ2) is 14.4. The molecule has 0 spiro atoms. The second-order valence-corrected chi connectivity index (χ2v) is 13.4. The number of halogens is 1. The van der Waals surface area contributed by atoms with Gasteiger partial charge in [-0.3, -0.25) is 9.69 Å². The van der Waals surface area contributed by atoms with Crippen LogP contribution in [-0.4, -0.2) is 115 Å². The summed E-state index contributed by atoms with van der Waals surface area (Å²) in [6.07, 6.45) is 2.79. The maximum atomic E-state index is 13.9. The summed E-state index contributed by atoms with van der Waals surface area (Å²) in [4.78, 5) is 48.4. The van der Waals surface area contributed by atoms with Crippen LogP contribution in [0.4, 0.5) is 21.0 Å². The fourth-order valence-electron chi connectivity index (χ4n) is 7.09. The van der Waals surface area contributed by atoms with E-state index in [4.69, 9.17) is 10.5 Å². The van der Waals surface area contributed by atoms with Crippen LogP contribution in [-0.2, 0) is 22.4 Å². The van der Waals surface area contributed by atoms with Crippen molar-refractivity contribution in [3.8, 4) is 0 Å². The summed E-state index contributed by atoms with van der Waals surface area (Å²) < 4.78 is 6.77. The molecule has 12 heteroatoms. The lowest BCUT2D eigenvalue weighted by atomic mass is 10.0. The quantitative estimate of drug-likeness (QED) is 0.399. The number of amides is 4. The van der Waals surface area contributed by atoms with Crippen LogP contribution in [0.3, 0.4) is 0 Å². The highest BCUT2D eigenvalue weighted by Crippen LogP contribution is 2.27. The topological polar surface area (TPSA) is 123 Å². The lowest BCUT2D eigenvalue weighted by Crippen LogP contribution is -2.54. The molecule has 0 radical (unpaired) electrons. The predicted octanol–water partition coefficient (Wildman–Crippen LogP) is 3.53. The zero-order valence-electron chi connectivity index (χ0n) is 25.8. The zero-order chi connectivity index (χ0) is 31.3. The molecule has 0 saturated carbocycles. The molecule has 3 fully saturated rings. The van der Waals surface area contributed by atoms with Crippen molar-refractivity contribution in [1.29, 1.82) is 0 Å². The minimum atomic E-state index is -0.934. The van der Waals surface area contributed by atoms with Gasteiger partial charge in [0.2, 0.25) is 0 Å². The summed E-state index contributed by atoms with van der Waals surface area (Å²) in [7, 11) is 0. The molecule has 0 aromatic heterocycles. The number of benzene rings is 2. The average Bonchev–Trinajstić information content (AvgIpc) is 3.24. The molecule has 4 aliphatic rings. The van der Waals surface area contributed by atoms with E-state index < -0.39 is 12.2 Å². The third kappa shape index (κ3) is 7.56. The fourth-order valence-corrected chi connectivity index (χ4v) is 7.51. The van der Waals surface area contributed by atoms with Gasteiger partial charge in [0.1, 0.15) is 0 Å². The molecular formula is C33H44BrN7O4. The third-order valence-electron chi connectivity index (χ3n) is 9.75. The smallest absolute Gasteiger partial charge is 0.410 e. The van der Waals surface area contributed by atoms with Crippen molar-refractivity contribution in [2.75, 3.05) is 70.0 Å². The van der Waals surface area contributed by atoms with Gasteiger partial charge in [-0.1, -0.05) is 24.3 Å². The van der Waals surface area contributed by atoms with E-state index in [0.717, 1.165) is 66.7 Å². The van der Waals surface area contributed by atoms with Crippen LogP contribution in [0.25, 0.3) is 0 Å². The van der Waals surface area contributed by atoms with Crippen molar-refractivity contribution in [1.82, 2.24) is 24.9 Å². The highest BCUT2D eigenvalue weighted by Gasteiger charge is 2.36. The number of ether oxygens (including phenoxy) is 1. The molecule has 0 bridgehead atoms. The zero-order valence-corrected chi connectivity index (χ0v) is 27.3. The number of rotatable bonds is 6. The summed E-state index contributed by atoms with van der Waals surface area (Å²) in [5.74, 6) is -0.147. The first kappa shape index (κ1) is 31.6. The van der Waals surface area contributed by atoms with Gasteiger partial charge in [-0.05, 0) is 77.4 Å². The summed E-state index contributed by atoms with van der Waals surface area (Å²) in [5.41, 5.74) is 9.47. The van der Waals surface area contributed by atoms with Crippen LogP contribution in [0, 0.1) is 0 Å². The van der Waals surface area contributed by atoms with E-state index in [1.165, 1.54) is 0 Å². The van der Waals surface area contributed by atoms with E-state index in [1.54, 1.807) is 11.0 Å². The number of nitrogen functional groups attached to an aromatic ring is 1. The normalized spacial score (nSPS) is 21.1. The number of nitrogens with zero attached hydrogens (tertiary/aromatic N) is 4. The average molecular weight is 683 g/mol. The molecule has 2 aromatic carbocycles. The second-order valence-electron chi connectivity index (χ2n) is 12.5. The summed E-state index contributed by atoms with van der Waals surface area (Å²) in [6.45, 7) is 6.96. The Labute approximate surface area is 273 Å². The van der Waals surface area contributed by atoms with E-state index in [-0.39, 0.29) is 24.4 Å². The first-order valence-corrected chi connectivity index (χ1v) is 17.0. The van der Waals surface area contributed by atoms with Crippen molar-refractivity contribution in [2.45, 2.75) is 56.7 Å². The number of hydrogen-bond donors (Lipinski definition) is 3. The van der Waals surface area contributed by atoms with Crippen LogP contribution in [0.1, 0.15) is 36.8 Å². The van der Waals surface area contributed by atoms with Gasteiger partial charge in [0, 0.05) is 93.3 Å². The summed E-state index contributed by atoms with van der Waals surface area (Å²) >= 11 is 3.49. The van der Waals surface area contributed by atoms with Gasteiger partial charge >= 0.3 is 12.1 Å². The van der Waals surface area contributed by atoms with Crippen molar-refractivity contribution in [3.63, 3.8) is 0 Å². The van der Waals surface area contributed by atoms with Crippen LogP contribution in [0.15, 0.2) is 46.9 Å². The molecule has 0 aliphatic carbocycles. The van der Waals surface area contributed by atoms with Crippen molar-refractivity contribution >= 4 is 45.3 Å². The van der Waals surface area contributed by atoms with E-state index in [1.807, 2.05) is 46.2 Å². The Morgan fingerprint density at radius 1 is 0.911 bits per heavy atom. The minimum absolute atomic E-state index is 0.0323. The molecule has 4 amide bonds. The van der Waals surface area contributed by atoms with Gasteiger partial charge in [-0.15, -0.1) is 0 Å². The Morgan fingerprint density at radius 2 is 1.60 bits per heavy atom. The van der Waals surface area contributed by atoms with Gasteiger partial charge in [0.25, 0.3) is 5.91 Å².